The lowest BCUT2D eigenvalue weighted by Crippen LogP contribution is -2.03. The summed E-state index contributed by atoms with van der Waals surface area (Å²) >= 11 is 0. The van der Waals surface area contributed by atoms with Crippen molar-refractivity contribution < 1.29 is 4.74 Å². The van der Waals surface area contributed by atoms with Gasteiger partial charge in [0, 0.05) is 30.1 Å². The Balaban J connectivity index is 2.35. The molecule has 5 heteroatoms. The first kappa shape index (κ1) is 12.4. The summed E-state index contributed by atoms with van der Waals surface area (Å²) in [6, 6.07) is 5.62. The average Bonchev–Trinajstić information content (AvgIpc) is 2.36. The summed E-state index contributed by atoms with van der Waals surface area (Å²) in [6.07, 6.45) is 1.76. The second-order valence-corrected chi connectivity index (χ2v) is 3.92. The van der Waals surface area contributed by atoms with Crippen LogP contribution >= 0.6 is 0 Å². The zero-order valence-electron chi connectivity index (χ0n) is 10.6. The average molecular weight is 244 g/mol. The minimum absolute atomic E-state index is 0.374. The highest BCUT2D eigenvalue weighted by Crippen LogP contribution is 2.19. The van der Waals surface area contributed by atoms with Gasteiger partial charge >= 0.3 is 0 Å². The van der Waals surface area contributed by atoms with Gasteiger partial charge in [0.25, 0.3) is 0 Å². The van der Waals surface area contributed by atoms with Gasteiger partial charge in [0.05, 0.1) is 5.69 Å². The number of aromatic nitrogens is 3. The molecule has 5 nitrogen and oxygen atoms in total. The molecule has 94 valence electrons. The molecule has 0 saturated carbocycles. The summed E-state index contributed by atoms with van der Waals surface area (Å²) in [7, 11) is 0. The zero-order valence-corrected chi connectivity index (χ0v) is 10.6. The van der Waals surface area contributed by atoms with Crippen LogP contribution in [0.5, 0.6) is 0 Å². The second-order valence-electron chi connectivity index (χ2n) is 3.92. The number of nitrogens with two attached hydrogens (primary N) is 1. The quantitative estimate of drug-likeness (QED) is 0.890. The molecule has 0 aliphatic carbocycles. The first-order chi connectivity index (χ1) is 8.69. The summed E-state index contributed by atoms with van der Waals surface area (Å²) < 4.78 is 5.30. The molecule has 2 rings (SSSR count). The van der Waals surface area contributed by atoms with Crippen LogP contribution in [0, 0.1) is 6.92 Å². The highest BCUT2D eigenvalue weighted by molar-refractivity contribution is 5.61. The standard InChI is InChI=1S/C13H16N4O/c1-3-18-8-13-16-11(7-12(14)17-13)10-4-5-15-9(2)6-10/h4-7H,3,8H2,1-2H3,(H2,14,16,17). The topological polar surface area (TPSA) is 73.9 Å². The molecule has 0 aliphatic rings. The van der Waals surface area contributed by atoms with Gasteiger partial charge in [0.2, 0.25) is 0 Å². The number of aryl methyl sites for hydroxylation is 1. The summed E-state index contributed by atoms with van der Waals surface area (Å²) in [6.45, 7) is 4.87. The fourth-order valence-electron chi connectivity index (χ4n) is 1.63. The van der Waals surface area contributed by atoms with Crippen molar-refractivity contribution in [2.75, 3.05) is 12.3 Å². The fraction of sp³-hybridized carbons (Fsp3) is 0.308. The Hall–Kier alpha value is -2.01. The van der Waals surface area contributed by atoms with Crippen LogP contribution in [0.1, 0.15) is 18.4 Å². The van der Waals surface area contributed by atoms with Gasteiger partial charge in [-0.05, 0) is 26.0 Å². The van der Waals surface area contributed by atoms with Crippen molar-refractivity contribution in [1.29, 1.82) is 0 Å². The van der Waals surface area contributed by atoms with E-state index in [0.717, 1.165) is 17.0 Å². The number of anilines is 1. The van der Waals surface area contributed by atoms with Crippen LogP contribution in [-0.2, 0) is 11.3 Å². The van der Waals surface area contributed by atoms with Crippen molar-refractivity contribution in [2.24, 2.45) is 0 Å². The molecule has 2 aromatic rings. The number of nitrogens with zero attached hydrogens (tertiary/aromatic N) is 3. The third kappa shape index (κ3) is 3.01. The van der Waals surface area contributed by atoms with Gasteiger partial charge in [-0.3, -0.25) is 4.98 Å². The molecule has 0 spiro atoms. The highest BCUT2D eigenvalue weighted by Gasteiger charge is 2.05. The number of hydrogen-bond donors (Lipinski definition) is 1. The predicted molar refractivity (Wildman–Crippen MR) is 69.7 cm³/mol. The zero-order chi connectivity index (χ0) is 13.0. The largest absolute Gasteiger partial charge is 0.384 e. The molecule has 0 amide bonds. The monoisotopic (exact) mass is 244 g/mol. The molecule has 0 bridgehead atoms. The van der Waals surface area contributed by atoms with Crippen LogP contribution < -0.4 is 5.73 Å². The van der Waals surface area contributed by atoms with Crippen molar-refractivity contribution >= 4 is 5.82 Å². The predicted octanol–water partition coefficient (Wildman–Crippen LogP) is 1.97. The van der Waals surface area contributed by atoms with Gasteiger partial charge in [-0.15, -0.1) is 0 Å². The van der Waals surface area contributed by atoms with Crippen LogP contribution in [0.3, 0.4) is 0 Å². The van der Waals surface area contributed by atoms with E-state index in [1.54, 1.807) is 12.3 Å². The molecule has 0 fully saturated rings. The van der Waals surface area contributed by atoms with E-state index < -0.39 is 0 Å². The minimum Gasteiger partial charge on any atom is -0.384 e. The fourth-order valence-corrected chi connectivity index (χ4v) is 1.63. The van der Waals surface area contributed by atoms with Crippen molar-refractivity contribution in [2.45, 2.75) is 20.5 Å². The maximum atomic E-state index is 5.78. The van der Waals surface area contributed by atoms with E-state index in [1.807, 2.05) is 26.0 Å². The number of hydrogen-bond acceptors (Lipinski definition) is 5. The molecule has 2 aromatic heterocycles. The maximum Gasteiger partial charge on any atom is 0.157 e. The van der Waals surface area contributed by atoms with Crippen LogP contribution in [0.15, 0.2) is 24.4 Å². The van der Waals surface area contributed by atoms with E-state index in [4.69, 9.17) is 10.5 Å². The summed E-state index contributed by atoms with van der Waals surface area (Å²) in [5.74, 6) is 1.05. The minimum atomic E-state index is 0.374. The van der Waals surface area contributed by atoms with Crippen molar-refractivity contribution in [3.05, 3.63) is 35.9 Å². The Labute approximate surface area is 106 Å². The second kappa shape index (κ2) is 5.55. The first-order valence-electron chi connectivity index (χ1n) is 5.83. The summed E-state index contributed by atoms with van der Waals surface area (Å²) in [4.78, 5) is 12.7. The van der Waals surface area contributed by atoms with Crippen molar-refractivity contribution in [3.63, 3.8) is 0 Å². The smallest absolute Gasteiger partial charge is 0.157 e. The van der Waals surface area contributed by atoms with E-state index >= 15 is 0 Å². The van der Waals surface area contributed by atoms with Crippen molar-refractivity contribution in [3.8, 4) is 11.3 Å². The Bertz CT molecular complexity index is 542. The normalized spacial score (nSPS) is 10.6. The molecule has 0 radical (unpaired) electrons. The lowest BCUT2D eigenvalue weighted by atomic mass is 10.1. The lowest BCUT2D eigenvalue weighted by Gasteiger charge is -2.06. The van der Waals surface area contributed by atoms with E-state index in [0.29, 0.717) is 24.9 Å². The Morgan fingerprint density at radius 1 is 1.28 bits per heavy atom. The molecule has 0 atom stereocenters. The molecule has 18 heavy (non-hydrogen) atoms. The van der Waals surface area contributed by atoms with E-state index in [2.05, 4.69) is 15.0 Å². The van der Waals surface area contributed by atoms with Gasteiger partial charge in [-0.1, -0.05) is 0 Å². The lowest BCUT2D eigenvalue weighted by molar-refractivity contribution is 0.128. The van der Waals surface area contributed by atoms with Crippen LogP contribution in [-0.4, -0.2) is 21.6 Å². The molecular formula is C13H16N4O. The van der Waals surface area contributed by atoms with E-state index in [1.165, 1.54) is 0 Å². The molecule has 2 heterocycles. The van der Waals surface area contributed by atoms with Gasteiger partial charge in [-0.2, -0.15) is 0 Å². The Morgan fingerprint density at radius 3 is 2.83 bits per heavy atom. The van der Waals surface area contributed by atoms with Crippen LogP contribution in [0.2, 0.25) is 0 Å². The third-order valence-corrected chi connectivity index (χ3v) is 2.42. The van der Waals surface area contributed by atoms with Crippen molar-refractivity contribution in [1.82, 2.24) is 15.0 Å². The van der Waals surface area contributed by atoms with Gasteiger partial charge < -0.3 is 10.5 Å². The number of rotatable bonds is 4. The SMILES string of the molecule is CCOCc1nc(N)cc(-c2ccnc(C)c2)n1. The van der Waals surface area contributed by atoms with Gasteiger partial charge in [0.1, 0.15) is 12.4 Å². The number of nitrogen functional groups attached to an aromatic ring is 1. The molecular weight excluding hydrogens is 228 g/mol. The molecule has 0 aliphatic heterocycles. The van der Waals surface area contributed by atoms with Crippen LogP contribution in [0.25, 0.3) is 11.3 Å². The third-order valence-electron chi connectivity index (χ3n) is 2.42. The first-order valence-corrected chi connectivity index (χ1v) is 5.83. The van der Waals surface area contributed by atoms with Gasteiger partial charge in [0.15, 0.2) is 5.82 Å². The highest BCUT2D eigenvalue weighted by atomic mass is 16.5. The molecule has 0 aromatic carbocycles. The number of ether oxygens (including phenoxy) is 1. The molecule has 0 unspecified atom stereocenters. The van der Waals surface area contributed by atoms with Gasteiger partial charge in [-0.25, -0.2) is 9.97 Å². The summed E-state index contributed by atoms with van der Waals surface area (Å²) in [5, 5.41) is 0. The van der Waals surface area contributed by atoms with E-state index in [-0.39, 0.29) is 0 Å². The van der Waals surface area contributed by atoms with E-state index in [9.17, 15) is 0 Å². The summed E-state index contributed by atoms with van der Waals surface area (Å²) in [5.41, 5.74) is 8.50. The molecule has 0 saturated heterocycles. The maximum absolute atomic E-state index is 5.78. The Morgan fingerprint density at radius 2 is 2.11 bits per heavy atom. The Kier molecular flexibility index (Phi) is 3.84. The van der Waals surface area contributed by atoms with Crippen LogP contribution in [0.4, 0.5) is 5.82 Å². The number of pyridine rings is 1. The molecule has 2 N–H and O–H groups in total.